The van der Waals surface area contributed by atoms with Crippen molar-refractivity contribution >= 4 is 60.8 Å². The largest absolute Gasteiger partial charge is 2.00 e. The smallest absolute Gasteiger partial charge is 1.00 e. The third kappa shape index (κ3) is 9.49. The molecule has 0 fully saturated rings. The molecule has 0 nitrogen and oxygen atoms in total. The first kappa shape index (κ1) is 24.1. The van der Waals surface area contributed by atoms with E-state index < -0.39 is 0 Å². The van der Waals surface area contributed by atoms with Crippen molar-refractivity contribution in [2.45, 2.75) is 0 Å². The van der Waals surface area contributed by atoms with Crippen molar-refractivity contribution in [3.05, 3.63) is 0 Å². The monoisotopic (exact) mass is 164 g/mol. The van der Waals surface area contributed by atoms with E-state index in [0.717, 1.165) is 0 Å². The summed E-state index contributed by atoms with van der Waals surface area (Å²) in [5.41, 5.74) is 0. The number of hydrogen-bond donors (Lipinski definition) is 0. The maximum atomic E-state index is 0. The molecule has 0 N–H and O–H groups in total. The molecule has 0 radical (unpaired) electrons. The molecule has 4 heteroatoms. The average Bonchev–Trinajstić information content (AvgIpc) is 0. The molecule has 0 heterocycles. The van der Waals surface area contributed by atoms with Crippen LogP contribution in [0, 0.1) is 0 Å². The van der Waals surface area contributed by atoms with E-state index in [2.05, 4.69) is 0 Å². The molecule has 0 aliphatic carbocycles. The Morgan fingerprint density at radius 3 is 1.25 bits per heavy atom. The molecule has 0 aromatic rings. The molecular formula is H5CaFeKMg. The fourth-order valence-electron chi connectivity index (χ4n) is 0. The van der Waals surface area contributed by atoms with E-state index >= 15 is 0 Å². The Morgan fingerprint density at radius 1 is 1.25 bits per heavy atom. The Morgan fingerprint density at radius 2 is 1.25 bits per heavy atom. The summed E-state index contributed by atoms with van der Waals surface area (Å²) in [4.78, 5) is 0. The zero-order chi connectivity index (χ0) is 0. The summed E-state index contributed by atoms with van der Waals surface area (Å²) in [5.74, 6) is 0. The van der Waals surface area contributed by atoms with Crippen LogP contribution in [0.15, 0.2) is 0 Å². The Labute approximate surface area is 133 Å². The van der Waals surface area contributed by atoms with Gasteiger partial charge in [0, 0.05) is 17.1 Å². The van der Waals surface area contributed by atoms with E-state index in [0.29, 0.717) is 0 Å². The third-order valence-electron chi connectivity index (χ3n) is 0. The average molecular weight is 164 g/mol. The minimum absolute atomic E-state index is 0. The molecule has 0 aliphatic heterocycles. The van der Waals surface area contributed by atoms with Crippen LogP contribution in [0.1, 0.15) is 7.13 Å². The third-order valence-corrected chi connectivity index (χ3v) is 0. The fraction of sp³-hybridized carbons (Fsp3) is 0. The van der Waals surface area contributed by atoms with E-state index in [9.17, 15) is 0 Å². The van der Waals surface area contributed by atoms with Crippen molar-refractivity contribution in [1.82, 2.24) is 0 Å². The molecule has 0 bridgehead atoms. The van der Waals surface area contributed by atoms with Gasteiger partial charge in [0.1, 0.15) is 0 Å². The second-order valence-electron chi connectivity index (χ2n) is 0. The summed E-state index contributed by atoms with van der Waals surface area (Å²) in [7, 11) is 0. The van der Waals surface area contributed by atoms with Gasteiger partial charge in [0.15, 0.2) is 0 Å². The maximum Gasteiger partial charge on any atom is 2.00 e. The topological polar surface area (TPSA) is 0 Å². The predicted octanol–water partition coefficient (Wildman–Crippen LogP) is -3.20. The first-order chi connectivity index (χ1) is 0. The van der Waals surface area contributed by atoms with Crippen LogP contribution in [0.4, 0.5) is 0 Å². The second-order valence-corrected chi connectivity index (χ2v) is 0. The summed E-state index contributed by atoms with van der Waals surface area (Å²) in [6.07, 6.45) is 0. The van der Waals surface area contributed by atoms with E-state index in [1.807, 2.05) is 0 Å². The van der Waals surface area contributed by atoms with Crippen molar-refractivity contribution in [2.75, 3.05) is 0 Å². The first-order valence-electron chi connectivity index (χ1n) is 0. The maximum absolute atomic E-state index is 0. The zero-order valence-corrected chi connectivity index (χ0v) is 10.6. The number of rotatable bonds is 0. The van der Waals surface area contributed by atoms with Crippen LogP contribution < -0.4 is 51.4 Å². The van der Waals surface area contributed by atoms with Crippen LogP contribution in [0.25, 0.3) is 0 Å². The molecule has 0 rings (SSSR count). The van der Waals surface area contributed by atoms with Crippen molar-refractivity contribution in [3.63, 3.8) is 0 Å². The zero-order valence-electron chi connectivity index (χ0n) is 7.77. The van der Waals surface area contributed by atoms with E-state index in [-0.39, 0.29) is 136 Å². The van der Waals surface area contributed by atoms with Gasteiger partial charge in [-0.3, -0.25) is 0 Å². The van der Waals surface area contributed by atoms with Crippen molar-refractivity contribution in [3.8, 4) is 0 Å². The SMILES string of the molecule is [Ca+2].[Fe].[H-].[H-].[H-].[H-].[H-].[K+].[Mg+2]. The van der Waals surface area contributed by atoms with Gasteiger partial charge in [-0.25, -0.2) is 0 Å². The Kier molecular flexibility index (Phi) is 94.7. The van der Waals surface area contributed by atoms with E-state index in [1.54, 1.807) is 0 Å². The Bertz CT molecular complexity index is 16.9. The summed E-state index contributed by atoms with van der Waals surface area (Å²) >= 11 is 0. The normalized spacial score (nSPS) is 0. The first-order valence-corrected chi connectivity index (χ1v) is 0. The molecule has 0 saturated heterocycles. The van der Waals surface area contributed by atoms with Gasteiger partial charge in [-0.15, -0.1) is 0 Å². The van der Waals surface area contributed by atoms with Crippen molar-refractivity contribution in [2.24, 2.45) is 0 Å². The van der Waals surface area contributed by atoms with Gasteiger partial charge in [-0.2, -0.15) is 0 Å². The van der Waals surface area contributed by atoms with Crippen LogP contribution in [0.2, 0.25) is 0 Å². The second kappa shape index (κ2) is 15.7. The minimum Gasteiger partial charge on any atom is -1.00 e. The van der Waals surface area contributed by atoms with Gasteiger partial charge < -0.3 is 7.13 Å². The molecule has 0 amide bonds. The summed E-state index contributed by atoms with van der Waals surface area (Å²) in [5, 5.41) is 0. The summed E-state index contributed by atoms with van der Waals surface area (Å²) < 4.78 is 0. The van der Waals surface area contributed by atoms with Gasteiger partial charge in [0.05, 0.1) is 0 Å². The van der Waals surface area contributed by atoms with Gasteiger partial charge in [0.2, 0.25) is 0 Å². The summed E-state index contributed by atoms with van der Waals surface area (Å²) in [6, 6.07) is 0. The number of hydrogen-bond acceptors (Lipinski definition) is 0. The minimum atomic E-state index is 0. The van der Waals surface area contributed by atoms with Gasteiger partial charge in [-0.05, 0) is 0 Å². The van der Waals surface area contributed by atoms with Crippen LogP contribution in [0.5, 0.6) is 0 Å². The van der Waals surface area contributed by atoms with Gasteiger partial charge in [0.25, 0.3) is 0 Å². The van der Waals surface area contributed by atoms with Gasteiger partial charge >= 0.3 is 112 Å². The van der Waals surface area contributed by atoms with E-state index in [4.69, 9.17) is 0 Å². The van der Waals surface area contributed by atoms with Crippen LogP contribution in [-0.2, 0) is 17.1 Å². The van der Waals surface area contributed by atoms with Crippen molar-refractivity contribution < 1.29 is 75.6 Å². The molecule has 4 heavy (non-hydrogen) atoms. The fourth-order valence-corrected chi connectivity index (χ4v) is 0. The molecular weight excluding hydrogens is 159 g/mol. The van der Waals surface area contributed by atoms with Gasteiger partial charge in [-0.1, -0.05) is 0 Å². The Balaban J connectivity index is 0. The van der Waals surface area contributed by atoms with Crippen LogP contribution in [-0.4, -0.2) is 60.8 Å². The molecule has 0 spiro atoms. The molecule has 18 valence electrons. The quantitative estimate of drug-likeness (QED) is 0.331. The van der Waals surface area contributed by atoms with Crippen LogP contribution >= 0.6 is 0 Å². The molecule has 0 saturated carbocycles. The molecule has 0 atom stereocenters. The van der Waals surface area contributed by atoms with E-state index in [1.165, 1.54) is 0 Å². The van der Waals surface area contributed by atoms with Crippen molar-refractivity contribution in [1.29, 1.82) is 0 Å². The molecule has 0 aromatic heterocycles. The molecule has 0 aromatic carbocycles. The predicted molar refractivity (Wildman–Crippen MR) is 17.1 cm³/mol. The standard InChI is InChI=1S/Ca.Fe.K.Mg.5H/q+2;;+1;+2;5*-1. The Hall–Kier alpha value is 4.18. The van der Waals surface area contributed by atoms with Crippen LogP contribution in [0.3, 0.4) is 0 Å². The summed E-state index contributed by atoms with van der Waals surface area (Å²) in [6.45, 7) is 0. The molecule has 0 unspecified atom stereocenters. The molecule has 0 aliphatic rings.